The third kappa shape index (κ3) is 11.6. The molecule has 0 bridgehead atoms. The number of rotatable bonds is 2. The van der Waals surface area contributed by atoms with E-state index in [1.54, 1.807) is 85.7 Å². The fourth-order valence-electron chi connectivity index (χ4n) is 12.2. The number of fused-ring (bicyclic) bond motifs is 24. The Balaban J connectivity index is 0.000000110. The van der Waals surface area contributed by atoms with E-state index in [0.29, 0.717) is 0 Å². The van der Waals surface area contributed by atoms with Gasteiger partial charge < -0.3 is 9.97 Å². The SMILES string of the molecule is [Ru+3].[Ru+3].c1cnc2c(c1)c1nc(-c3ccc(-c4nc5c6cccnc6c6ncccc6c5[nH]4)s3)[nH]c1c1cccnc12.c1cnc2c(c1)ccc1cccnc12.c1cnc2c(c1)ccc1cccnc12.c1cnc2c(c1)ccc1cccnc12.c1cnc2c(c1)ccc1cccnc12. The van der Waals surface area contributed by atoms with Crippen molar-refractivity contribution in [1.82, 2.24) is 79.7 Å². The number of benzene rings is 6. The minimum absolute atomic E-state index is 0. The Morgan fingerprint density at radius 3 is 0.629 bits per heavy atom. The molecule has 0 aliphatic heterocycles. The van der Waals surface area contributed by atoms with Gasteiger partial charge in [0.1, 0.15) is 11.6 Å². The smallest absolute Gasteiger partial charge is 0.337 e. The second-order valence-corrected chi connectivity index (χ2v) is 23.3. The van der Waals surface area contributed by atoms with Gasteiger partial charge in [-0.15, -0.1) is 11.3 Å². The third-order valence-electron chi connectivity index (χ3n) is 16.6. The molecule has 19 heteroatoms. The normalized spacial score (nSPS) is 11.1. The van der Waals surface area contributed by atoms with Crippen LogP contribution in [-0.4, -0.2) is 79.7 Å². The van der Waals surface area contributed by atoms with Gasteiger partial charge in [0.05, 0.1) is 98.0 Å². The fraction of sp³-hybridized carbons (Fsp3) is 0. The average molecular weight is 1440 g/mol. The van der Waals surface area contributed by atoms with Crippen LogP contribution < -0.4 is 0 Å². The number of H-pyrrole nitrogens is 2. The van der Waals surface area contributed by atoms with E-state index in [2.05, 4.69) is 203 Å². The molecule has 21 aromatic rings. The van der Waals surface area contributed by atoms with Crippen LogP contribution in [-0.2, 0) is 39.0 Å². The second kappa shape index (κ2) is 26.9. The first-order chi connectivity index (χ1) is 47.1. The summed E-state index contributed by atoms with van der Waals surface area (Å²) in [6, 6.07) is 68.7. The number of hydrogen-bond acceptors (Lipinski definition) is 15. The van der Waals surface area contributed by atoms with Crippen molar-refractivity contribution in [2.24, 2.45) is 0 Å². The van der Waals surface area contributed by atoms with Crippen LogP contribution in [0.2, 0.25) is 0 Å². The maximum Gasteiger partial charge on any atom is 3.00 e. The van der Waals surface area contributed by atoms with Gasteiger partial charge >= 0.3 is 39.0 Å². The van der Waals surface area contributed by atoms with Gasteiger partial charge in [0.2, 0.25) is 0 Å². The molecule has 456 valence electrons. The molecule has 2 N–H and O–H groups in total. The van der Waals surface area contributed by atoms with E-state index in [0.717, 1.165) is 174 Å². The molecular formula is C78H48N16Ru2S+6. The number of nitrogens with one attached hydrogen (secondary N) is 2. The minimum Gasteiger partial charge on any atom is -0.337 e. The maximum atomic E-state index is 5.03. The molecule has 15 heterocycles. The quantitative estimate of drug-likeness (QED) is 0.122. The first-order valence-electron chi connectivity index (χ1n) is 30.6. The van der Waals surface area contributed by atoms with Crippen LogP contribution in [0.1, 0.15) is 0 Å². The Morgan fingerprint density at radius 2 is 0.392 bits per heavy atom. The van der Waals surface area contributed by atoms with Crippen molar-refractivity contribution in [3.8, 4) is 21.4 Å². The molecule has 0 saturated heterocycles. The zero-order chi connectivity index (χ0) is 63.0. The predicted octanol–water partition coefficient (Wildman–Crippen LogP) is 18.2. The standard InChI is InChI=1S/C30H16N8S.4C12H8N2.2Ru/c1-5-15-21(31-11-1)22-16(6-2-12-32-22)26-25(15)35-29(36-26)19-9-10-20(39-19)30-37-27-17-7-3-13-33-23(17)24-18(28(27)38-30)8-4-14-34-24;4*1-3-9-5-6-10-4-2-8-14-12(10)11(9)13-7-1;;/h1-14H,(H,35,36)(H,37,38);4*1-8H;;/q;;;;;2*+3. The summed E-state index contributed by atoms with van der Waals surface area (Å²) in [6.45, 7) is 0. The van der Waals surface area contributed by atoms with Crippen LogP contribution in [0.3, 0.4) is 0 Å². The van der Waals surface area contributed by atoms with Crippen LogP contribution in [0.15, 0.2) is 281 Å². The van der Waals surface area contributed by atoms with Gasteiger partial charge in [-0.25, -0.2) is 9.97 Å². The van der Waals surface area contributed by atoms with Gasteiger partial charge in [0.15, 0.2) is 0 Å². The number of aromatic nitrogens is 16. The van der Waals surface area contributed by atoms with Gasteiger partial charge in [0.25, 0.3) is 0 Å². The van der Waals surface area contributed by atoms with Crippen molar-refractivity contribution in [3.63, 3.8) is 0 Å². The number of imidazole rings is 2. The van der Waals surface area contributed by atoms with E-state index >= 15 is 0 Å². The van der Waals surface area contributed by atoms with Gasteiger partial charge in [0, 0.05) is 139 Å². The number of hydrogen-bond donors (Lipinski definition) is 2. The largest absolute Gasteiger partial charge is 3.00 e. The van der Waals surface area contributed by atoms with Crippen LogP contribution >= 0.6 is 11.3 Å². The summed E-state index contributed by atoms with van der Waals surface area (Å²) in [5.41, 5.74) is 15.0. The Hall–Kier alpha value is -11.9. The van der Waals surface area contributed by atoms with Crippen molar-refractivity contribution in [1.29, 1.82) is 0 Å². The Morgan fingerprint density at radius 1 is 0.196 bits per heavy atom. The topological polar surface area (TPSA) is 212 Å². The zero-order valence-electron chi connectivity index (χ0n) is 50.9. The molecular weight excluding hydrogens is 1400 g/mol. The average Bonchev–Trinajstić information content (AvgIpc) is 1.63. The molecule has 0 atom stereocenters. The maximum absolute atomic E-state index is 5.03. The van der Waals surface area contributed by atoms with E-state index in [1.165, 1.54) is 0 Å². The predicted molar refractivity (Wildman–Crippen MR) is 384 cm³/mol. The van der Waals surface area contributed by atoms with Gasteiger partial charge in [-0.3, -0.25) is 59.8 Å². The van der Waals surface area contributed by atoms with E-state index in [-0.39, 0.29) is 39.0 Å². The van der Waals surface area contributed by atoms with E-state index in [1.807, 2.05) is 72.8 Å². The van der Waals surface area contributed by atoms with Crippen molar-refractivity contribution >= 4 is 164 Å². The molecule has 0 amide bonds. The summed E-state index contributed by atoms with van der Waals surface area (Å²) in [4.78, 5) is 72.5. The minimum atomic E-state index is 0. The molecule has 6 aromatic carbocycles. The van der Waals surface area contributed by atoms with Crippen LogP contribution in [0.25, 0.3) is 174 Å². The van der Waals surface area contributed by atoms with Gasteiger partial charge in [-0.2, -0.15) is 0 Å². The third-order valence-corrected chi connectivity index (χ3v) is 17.7. The summed E-state index contributed by atoms with van der Waals surface area (Å²) in [7, 11) is 0. The molecule has 21 rings (SSSR count). The summed E-state index contributed by atoms with van der Waals surface area (Å²) in [5.74, 6) is 1.62. The summed E-state index contributed by atoms with van der Waals surface area (Å²) < 4.78 is 0. The molecule has 0 unspecified atom stereocenters. The molecule has 2 radical (unpaired) electrons. The Bertz CT molecular complexity index is 5530. The number of thiophene rings is 1. The van der Waals surface area contributed by atoms with Crippen molar-refractivity contribution in [2.75, 3.05) is 0 Å². The van der Waals surface area contributed by atoms with E-state index in [4.69, 9.17) is 9.97 Å². The van der Waals surface area contributed by atoms with Crippen molar-refractivity contribution in [3.05, 3.63) is 281 Å². The monoisotopic (exact) mass is 1440 g/mol. The van der Waals surface area contributed by atoms with Crippen molar-refractivity contribution < 1.29 is 39.0 Å². The summed E-state index contributed by atoms with van der Waals surface area (Å²) in [6.07, 6.45) is 21.6. The van der Waals surface area contributed by atoms with Crippen LogP contribution in [0, 0.1) is 0 Å². The number of nitrogens with zero attached hydrogens (tertiary/aromatic N) is 14. The van der Waals surface area contributed by atoms with Crippen molar-refractivity contribution in [2.45, 2.75) is 0 Å². The first kappa shape index (κ1) is 61.3. The number of pyridine rings is 12. The van der Waals surface area contributed by atoms with E-state index in [9.17, 15) is 0 Å². The molecule has 0 saturated carbocycles. The zero-order valence-corrected chi connectivity index (χ0v) is 55.2. The molecule has 97 heavy (non-hydrogen) atoms. The molecule has 0 fully saturated rings. The number of aromatic amines is 2. The first-order valence-corrected chi connectivity index (χ1v) is 31.4. The molecule has 15 aromatic heterocycles. The summed E-state index contributed by atoms with van der Waals surface area (Å²) >= 11 is 1.64. The molecule has 0 aliphatic carbocycles. The Kier molecular flexibility index (Phi) is 17.0. The van der Waals surface area contributed by atoms with E-state index < -0.39 is 0 Å². The van der Waals surface area contributed by atoms with Gasteiger partial charge in [-0.1, -0.05) is 97.1 Å². The molecule has 16 nitrogen and oxygen atoms in total. The Labute approximate surface area is 580 Å². The van der Waals surface area contributed by atoms with Gasteiger partial charge in [-0.05, 0) is 109 Å². The van der Waals surface area contributed by atoms with Crippen LogP contribution in [0.5, 0.6) is 0 Å². The fourth-order valence-corrected chi connectivity index (χ4v) is 13.1. The second-order valence-electron chi connectivity index (χ2n) is 22.2. The molecule has 0 aliphatic rings. The van der Waals surface area contributed by atoms with Crippen LogP contribution in [0.4, 0.5) is 0 Å². The summed E-state index contributed by atoms with van der Waals surface area (Å²) in [5, 5.41) is 13.1. The molecule has 0 spiro atoms.